The van der Waals surface area contributed by atoms with Crippen LogP contribution in [0.15, 0.2) is 24.3 Å². The van der Waals surface area contributed by atoms with Crippen LogP contribution in [-0.4, -0.2) is 48.6 Å². The van der Waals surface area contributed by atoms with Gasteiger partial charge in [-0.3, -0.25) is 9.80 Å². The third kappa shape index (κ3) is 2.90. The van der Waals surface area contributed by atoms with Crippen molar-refractivity contribution in [2.45, 2.75) is 32.4 Å². The SMILES string of the molecule is CC(C)Cc1cccc(C(N)C2CN3CCN2CC3)c1. The molecule has 0 spiro atoms. The molecule has 3 aliphatic heterocycles. The van der Waals surface area contributed by atoms with Crippen LogP contribution in [0.5, 0.6) is 0 Å². The lowest BCUT2D eigenvalue weighted by Crippen LogP contribution is -2.63. The lowest BCUT2D eigenvalue weighted by atomic mass is 9.92. The second-order valence-corrected chi connectivity index (χ2v) is 6.77. The summed E-state index contributed by atoms with van der Waals surface area (Å²) >= 11 is 0. The van der Waals surface area contributed by atoms with Crippen LogP contribution < -0.4 is 5.73 Å². The first-order chi connectivity index (χ1) is 9.63. The molecule has 0 saturated carbocycles. The van der Waals surface area contributed by atoms with Crippen LogP contribution in [0.3, 0.4) is 0 Å². The summed E-state index contributed by atoms with van der Waals surface area (Å²) in [5, 5.41) is 0. The molecule has 3 heteroatoms. The Morgan fingerprint density at radius 3 is 2.55 bits per heavy atom. The fourth-order valence-electron chi connectivity index (χ4n) is 3.62. The zero-order valence-corrected chi connectivity index (χ0v) is 12.8. The van der Waals surface area contributed by atoms with E-state index >= 15 is 0 Å². The van der Waals surface area contributed by atoms with E-state index in [1.165, 1.54) is 37.3 Å². The molecule has 3 nitrogen and oxygen atoms in total. The van der Waals surface area contributed by atoms with E-state index in [1.807, 2.05) is 0 Å². The molecule has 3 aliphatic rings. The molecule has 3 heterocycles. The molecule has 2 N–H and O–H groups in total. The summed E-state index contributed by atoms with van der Waals surface area (Å²) in [7, 11) is 0. The van der Waals surface area contributed by atoms with E-state index in [4.69, 9.17) is 5.73 Å². The predicted molar refractivity (Wildman–Crippen MR) is 83.7 cm³/mol. The quantitative estimate of drug-likeness (QED) is 0.909. The highest BCUT2D eigenvalue weighted by atomic mass is 15.3. The fourth-order valence-corrected chi connectivity index (χ4v) is 3.62. The first kappa shape index (κ1) is 14.1. The number of nitrogens with two attached hydrogens (primary N) is 1. The highest BCUT2D eigenvalue weighted by molar-refractivity contribution is 5.27. The van der Waals surface area contributed by atoms with Gasteiger partial charge in [-0.05, 0) is 23.5 Å². The molecule has 0 amide bonds. The van der Waals surface area contributed by atoms with Gasteiger partial charge in [-0.15, -0.1) is 0 Å². The molecular weight excluding hydrogens is 246 g/mol. The van der Waals surface area contributed by atoms with Crippen molar-refractivity contribution in [1.82, 2.24) is 9.80 Å². The summed E-state index contributed by atoms with van der Waals surface area (Å²) in [5.41, 5.74) is 9.32. The van der Waals surface area contributed by atoms with Crippen LogP contribution in [0.1, 0.15) is 31.0 Å². The van der Waals surface area contributed by atoms with Gasteiger partial charge in [0.15, 0.2) is 0 Å². The van der Waals surface area contributed by atoms with Crippen LogP contribution >= 0.6 is 0 Å². The molecule has 1 aromatic carbocycles. The molecule has 3 fully saturated rings. The van der Waals surface area contributed by atoms with E-state index in [0.29, 0.717) is 12.0 Å². The lowest BCUT2D eigenvalue weighted by molar-refractivity contribution is 0.00214. The van der Waals surface area contributed by atoms with Gasteiger partial charge in [0.1, 0.15) is 0 Å². The van der Waals surface area contributed by atoms with Gasteiger partial charge in [0.25, 0.3) is 0 Å². The predicted octanol–water partition coefficient (Wildman–Crippen LogP) is 1.88. The van der Waals surface area contributed by atoms with E-state index in [-0.39, 0.29) is 6.04 Å². The largest absolute Gasteiger partial charge is 0.323 e. The Balaban J connectivity index is 1.75. The molecule has 20 heavy (non-hydrogen) atoms. The van der Waals surface area contributed by atoms with E-state index < -0.39 is 0 Å². The summed E-state index contributed by atoms with van der Waals surface area (Å²) in [4.78, 5) is 5.14. The number of benzene rings is 1. The standard InChI is InChI=1S/C17H27N3/c1-13(2)10-14-4-3-5-15(11-14)17(18)16-12-19-6-8-20(16)9-7-19/h3-5,11,13,16-17H,6-10,12,18H2,1-2H3. The molecule has 110 valence electrons. The molecule has 1 aromatic rings. The third-order valence-corrected chi connectivity index (χ3v) is 4.72. The molecule has 0 aliphatic carbocycles. The van der Waals surface area contributed by atoms with Gasteiger partial charge in [-0.2, -0.15) is 0 Å². The van der Waals surface area contributed by atoms with Crippen molar-refractivity contribution in [2.75, 3.05) is 32.7 Å². The molecule has 2 atom stereocenters. The second kappa shape index (κ2) is 5.84. The topological polar surface area (TPSA) is 32.5 Å². The van der Waals surface area contributed by atoms with Gasteiger partial charge in [0.05, 0.1) is 0 Å². The monoisotopic (exact) mass is 273 g/mol. The Labute approximate surface area is 122 Å². The van der Waals surface area contributed by atoms with Gasteiger partial charge in [0, 0.05) is 44.8 Å². The number of rotatable bonds is 4. The summed E-state index contributed by atoms with van der Waals surface area (Å²) in [6.45, 7) is 10.5. The fraction of sp³-hybridized carbons (Fsp3) is 0.647. The van der Waals surface area contributed by atoms with Crippen LogP contribution in [-0.2, 0) is 6.42 Å². The Morgan fingerprint density at radius 2 is 1.95 bits per heavy atom. The zero-order valence-electron chi connectivity index (χ0n) is 12.8. The van der Waals surface area contributed by atoms with Crippen molar-refractivity contribution >= 4 is 0 Å². The van der Waals surface area contributed by atoms with E-state index in [2.05, 4.69) is 47.9 Å². The molecule has 0 radical (unpaired) electrons. The molecule has 3 saturated heterocycles. The average molecular weight is 273 g/mol. The zero-order chi connectivity index (χ0) is 14.1. The minimum absolute atomic E-state index is 0.144. The lowest BCUT2D eigenvalue weighted by Gasteiger charge is -2.49. The average Bonchev–Trinajstić information content (AvgIpc) is 2.47. The minimum atomic E-state index is 0.144. The Bertz CT molecular complexity index is 449. The van der Waals surface area contributed by atoms with Crippen molar-refractivity contribution in [2.24, 2.45) is 11.7 Å². The molecule has 4 rings (SSSR count). The van der Waals surface area contributed by atoms with Gasteiger partial charge < -0.3 is 5.73 Å². The van der Waals surface area contributed by atoms with Gasteiger partial charge in [-0.25, -0.2) is 0 Å². The van der Waals surface area contributed by atoms with Crippen molar-refractivity contribution in [1.29, 1.82) is 0 Å². The Morgan fingerprint density at radius 1 is 1.20 bits per heavy atom. The number of nitrogens with zero attached hydrogens (tertiary/aromatic N) is 2. The second-order valence-electron chi connectivity index (χ2n) is 6.77. The summed E-state index contributed by atoms with van der Waals surface area (Å²) < 4.78 is 0. The number of fused-ring (bicyclic) bond motifs is 3. The normalized spacial score (nSPS) is 30.7. The highest BCUT2D eigenvalue weighted by Gasteiger charge is 2.35. The maximum atomic E-state index is 6.59. The van der Waals surface area contributed by atoms with Crippen LogP contribution in [0.2, 0.25) is 0 Å². The maximum absolute atomic E-state index is 6.59. The first-order valence-electron chi connectivity index (χ1n) is 7.94. The van der Waals surface area contributed by atoms with Crippen molar-refractivity contribution in [3.05, 3.63) is 35.4 Å². The van der Waals surface area contributed by atoms with E-state index in [9.17, 15) is 0 Å². The van der Waals surface area contributed by atoms with E-state index in [0.717, 1.165) is 13.0 Å². The maximum Gasteiger partial charge on any atom is 0.0465 e. The van der Waals surface area contributed by atoms with Crippen LogP contribution in [0.25, 0.3) is 0 Å². The number of hydrogen-bond donors (Lipinski definition) is 1. The minimum Gasteiger partial charge on any atom is -0.323 e. The smallest absolute Gasteiger partial charge is 0.0465 e. The van der Waals surface area contributed by atoms with E-state index in [1.54, 1.807) is 0 Å². The van der Waals surface area contributed by atoms with Gasteiger partial charge >= 0.3 is 0 Å². The van der Waals surface area contributed by atoms with Crippen molar-refractivity contribution in [3.63, 3.8) is 0 Å². The number of piperazine rings is 3. The summed E-state index contributed by atoms with van der Waals surface area (Å²) in [6, 6.07) is 9.56. The van der Waals surface area contributed by atoms with Gasteiger partial charge in [-0.1, -0.05) is 38.1 Å². The highest BCUT2D eigenvalue weighted by Crippen LogP contribution is 2.26. The third-order valence-electron chi connectivity index (χ3n) is 4.72. The Kier molecular flexibility index (Phi) is 4.11. The van der Waals surface area contributed by atoms with Crippen molar-refractivity contribution < 1.29 is 0 Å². The van der Waals surface area contributed by atoms with Crippen LogP contribution in [0.4, 0.5) is 0 Å². The van der Waals surface area contributed by atoms with Crippen molar-refractivity contribution in [3.8, 4) is 0 Å². The van der Waals surface area contributed by atoms with Gasteiger partial charge in [0.2, 0.25) is 0 Å². The van der Waals surface area contributed by atoms with Crippen LogP contribution in [0, 0.1) is 5.92 Å². The Hall–Kier alpha value is -0.900. The number of hydrogen-bond acceptors (Lipinski definition) is 3. The molecule has 2 bridgehead atoms. The molecule has 2 unspecified atom stereocenters. The summed E-state index contributed by atoms with van der Waals surface area (Å²) in [5.74, 6) is 0.696. The molecule has 0 aromatic heterocycles. The first-order valence-corrected chi connectivity index (χ1v) is 7.94. The molecular formula is C17H27N3. The summed E-state index contributed by atoms with van der Waals surface area (Å²) in [6.07, 6.45) is 1.14.